The molecule has 1 fully saturated rings. The van der Waals surface area contributed by atoms with Crippen molar-refractivity contribution < 1.29 is 13.2 Å². The molecule has 2 nitrogen and oxygen atoms in total. The standard InChI is InChI=1S/C28H27F3N2/c29-28(30,31)23-10-6-9-22(19-23)27-26(24-11-4-5-12-25(24)32-27)21-14-17-33(18-15-21)16-13-20-7-2-1-3-8-20/h1-12,19,21,32H,13-18H2. The summed E-state index contributed by atoms with van der Waals surface area (Å²) in [4.78, 5) is 5.94. The molecule has 1 saturated heterocycles. The fourth-order valence-electron chi connectivity index (χ4n) is 5.04. The van der Waals surface area contributed by atoms with E-state index in [-0.39, 0.29) is 0 Å². The second kappa shape index (κ2) is 9.06. The summed E-state index contributed by atoms with van der Waals surface area (Å²) in [5, 5.41) is 1.12. The number of aromatic amines is 1. The largest absolute Gasteiger partial charge is 0.416 e. The molecule has 1 aliphatic rings. The quantitative estimate of drug-likeness (QED) is 0.340. The van der Waals surface area contributed by atoms with Crippen molar-refractivity contribution in [1.29, 1.82) is 0 Å². The molecule has 1 aromatic heterocycles. The van der Waals surface area contributed by atoms with Gasteiger partial charge in [0.2, 0.25) is 0 Å². The van der Waals surface area contributed by atoms with Gasteiger partial charge < -0.3 is 9.88 Å². The summed E-state index contributed by atoms with van der Waals surface area (Å²) >= 11 is 0. The molecular weight excluding hydrogens is 421 g/mol. The molecule has 5 rings (SSSR count). The number of H-pyrrole nitrogens is 1. The van der Waals surface area contributed by atoms with Crippen molar-refractivity contribution in [3.63, 3.8) is 0 Å². The first-order chi connectivity index (χ1) is 16.0. The first-order valence-electron chi connectivity index (χ1n) is 11.5. The number of nitrogens with one attached hydrogen (secondary N) is 1. The summed E-state index contributed by atoms with van der Waals surface area (Å²) in [6.07, 6.45) is -1.31. The van der Waals surface area contributed by atoms with Crippen LogP contribution in [0.3, 0.4) is 0 Å². The SMILES string of the molecule is FC(F)(F)c1cccc(-c2[nH]c3ccccc3c2C2CCN(CCc3ccccc3)CC2)c1. The van der Waals surface area contributed by atoms with Gasteiger partial charge in [-0.3, -0.25) is 0 Å². The molecule has 0 saturated carbocycles. The van der Waals surface area contributed by atoms with Gasteiger partial charge in [-0.25, -0.2) is 0 Å². The van der Waals surface area contributed by atoms with Crippen LogP contribution < -0.4 is 0 Å². The van der Waals surface area contributed by atoms with Gasteiger partial charge in [0.05, 0.1) is 5.56 Å². The van der Waals surface area contributed by atoms with Gasteiger partial charge in [-0.05, 0) is 73.2 Å². The lowest BCUT2D eigenvalue weighted by molar-refractivity contribution is -0.137. The number of para-hydroxylation sites is 1. The van der Waals surface area contributed by atoms with Gasteiger partial charge in [-0.15, -0.1) is 0 Å². The molecule has 0 atom stereocenters. The third-order valence-corrected chi connectivity index (χ3v) is 6.78. The minimum absolute atomic E-state index is 0.318. The van der Waals surface area contributed by atoms with Gasteiger partial charge in [-0.1, -0.05) is 60.7 Å². The summed E-state index contributed by atoms with van der Waals surface area (Å²) in [6.45, 7) is 3.03. The van der Waals surface area contributed by atoms with Crippen LogP contribution >= 0.6 is 0 Å². The Morgan fingerprint density at radius 1 is 0.848 bits per heavy atom. The predicted octanol–water partition coefficient (Wildman–Crippen LogP) is 7.28. The molecule has 0 spiro atoms. The Morgan fingerprint density at radius 2 is 1.58 bits per heavy atom. The number of piperidine rings is 1. The van der Waals surface area contributed by atoms with Crippen LogP contribution in [0.25, 0.3) is 22.2 Å². The van der Waals surface area contributed by atoms with Gasteiger partial charge in [0.15, 0.2) is 0 Å². The van der Waals surface area contributed by atoms with Crippen molar-refractivity contribution in [2.75, 3.05) is 19.6 Å². The molecule has 4 aromatic rings. The molecule has 3 aromatic carbocycles. The van der Waals surface area contributed by atoms with Crippen molar-refractivity contribution in [3.05, 3.63) is 95.6 Å². The fraction of sp³-hybridized carbons (Fsp3) is 0.286. The summed E-state index contributed by atoms with van der Waals surface area (Å²) in [5.74, 6) is 0.318. The first kappa shape index (κ1) is 21.8. The number of rotatable bonds is 5. The topological polar surface area (TPSA) is 19.0 Å². The van der Waals surface area contributed by atoms with Crippen LogP contribution in [-0.4, -0.2) is 29.5 Å². The van der Waals surface area contributed by atoms with Gasteiger partial charge in [0.1, 0.15) is 0 Å². The van der Waals surface area contributed by atoms with Crippen molar-refractivity contribution in [2.45, 2.75) is 31.4 Å². The van der Waals surface area contributed by atoms with E-state index in [1.165, 1.54) is 17.7 Å². The number of fused-ring (bicyclic) bond motifs is 1. The summed E-state index contributed by atoms with van der Waals surface area (Å²) in [6, 6.07) is 24.3. The van der Waals surface area contributed by atoms with Crippen molar-refractivity contribution in [3.8, 4) is 11.3 Å². The van der Waals surface area contributed by atoms with E-state index in [9.17, 15) is 13.2 Å². The van der Waals surface area contributed by atoms with Crippen LogP contribution in [0.5, 0.6) is 0 Å². The lowest BCUT2D eigenvalue weighted by atomic mass is 9.85. The number of benzene rings is 3. The molecule has 5 heteroatoms. The zero-order valence-corrected chi connectivity index (χ0v) is 18.4. The number of likely N-dealkylation sites (tertiary alicyclic amines) is 1. The molecule has 33 heavy (non-hydrogen) atoms. The highest BCUT2D eigenvalue weighted by molar-refractivity contribution is 5.91. The Morgan fingerprint density at radius 3 is 2.33 bits per heavy atom. The Bertz CT molecular complexity index is 1220. The summed E-state index contributed by atoms with van der Waals surface area (Å²) in [5.41, 5.74) is 4.30. The first-order valence-corrected chi connectivity index (χ1v) is 11.5. The Hall–Kier alpha value is -3.05. The molecule has 0 amide bonds. The van der Waals surface area contributed by atoms with Crippen molar-refractivity contribution in [1.82, 2.24) is 9.88 Å². The Kier molecular flexibility index (Phi) is 5.98. The van der Waals surface area contributed by atoms with Crippen LogP contribution in [0.2, 0.25) is 0 Å². The second-order valence-electron chi connectivity index (χ2n) is 8.89. The minimum atomic E-state index is -4.35. The molecule has 2 heterocycles. The number of nitrogens with zero attached hydrogens (tertiary/aromatic N) is 1. The number of alkyl halides is 3. The van der Waals surface area contributed by atoms with E-state index in [1.54, 1.807) is 6.07 Å². The average Bonchev–Trinajstić information content (AvgIpc) is 3.23. The molecule has 170 valence electrons. The van der Waals surface area contributed by atoms with E-state index < -0.39 is 11.7 Å². The lowest BCUT2D eigenvalue weighted by Gasteiger charge is -2.32. The summed E-state index contributed by atoms with van der Waals surface area (Å²) in [7, 11) is 0. The number of halogens is 3. The van der Waals surface area contributed by atoms with Gasteiger partial charge in [-0.2, -0.15) is 13.2 Å². The highest BCUT2D eigenvalue weighted by Crippen LogP contribution is 2.41. The van der Waals surface area contributed by atoms with E-state index in [4.69, 9.17) is 0 Å². The third-order valence-electron chi connectivity index (χ3n) is 6.78. The molecule has 0 unspecified atom stereocenters. The maximum Gasteiger partial charge on any atom is 0.416 e. The number of aromatic nitrogens is 1. The van der Waals surface area contributed by atoms with Gasteiger partial charge in [0, 0.05) is 23.1 Å². The van der Waals surface area contributed by atoms with E-state index in [1.807, 2.05) is 24.3 Å². The molecular formula is C28H27F3N2. The van der Waals surface area contributed by atoms with Crippen LogP contribution in [0.15, 0.2) is 78.9 Å². The number of hydrogen-bond donors (Lipinski definition) is 1. The number of hydrogen-bond acceptors (Lipinski definition) is 1. The van der Waals surface area contributed by atoms with E-state index in [0.29, 0.717) is 11.5 Å². The van der Waals surface area contributed by atoms with Crippen molar-refractivity contribution in [2.24, 2.45) is 0 Å². The second-order valence-corrected chi connectivity index (χ2v) is 8.89. The maximum atomic E-state index is 13.4. The zero-order chi connectivity index (χ0) is 22.8. The highest BCUT2D eigenvalue weighted by Gasteiger charge is 2.31. The lowest BCUT2D eigenvalue weighted by Crippen LogP contribution is -2.34. The van der Waals surface area contributed by atoms with E-state index >= 15 is 0 Å². The molecule has 0 aliphatic carbocycles. The van der Waals surface area contributed by atoms with E-state index in [2.05, 4.69) is 40.2 Å². The van der Waals surface area contributed by atoms with Gasteiger partial charge >= 0.3 is 6.18 Å². The van der Waals surface area contributed by atoms with Crippen LogP contribution in [0.1, 0.15) is 35.4 Å². The normalized spacial score (nSPS) is 15.8. The predicted molar refractivity (Wildman–Crippen MR) is 127 cm³/mol. The van der Waals surface area contributed by atoms with E-state index in [0.717, 1.165) is 67.1 Å². The molecule has 1 aliphatic heterocycles. The van der Waals surface area contributed by atoms with Crippen molar-refractivity contribution >= 4 is 10.9 Å². The third kappa shape index (κ3) is 4.69. The van der Waals surface area contributed by atoms with Crippen LogP contribution in [0, 0.1) is 0 Å². The Labute approximate surface area is 192 Å². The summed E-state index contributed by atoms with van der Waals surface area (Å²) < 4.78 is 40.1. The maximum absolute atomic E-state index is 13.4. The molecule has 0 radical (unpaired) electrons. The molecule has 1 N–H and O–H groups in total. The Balaban J connectivity index is 1.40. The highest BCUT2D eigenvalue weighted by atomic mass is 19.4. The smallest absolute Gasteiger partial charge is 0.354 e. The van der Waals surface area contributed by atoms with Crippen LogP contribution in [0.4, 0.5) is 13.2 Å². The van der Waals surface area contributed by atoms with Crippen LogP contribution in [-0.2, 0) is 12.6 Å². The molecule has 0 bridgehead atoms. The minimum Gasteiger partial charge on any atom is -0.354 e. The monoisotopic (exact) mass is 448 g/mol. The zero-order valence-electron chi connectivity index (χ0n) is 18.4. The van der Waals surface area contributed by atoms with Gasteiger partial charge in [0.25, 0.3) is 0 Å². The average molecular weight is 449 g/mol. The fourth-order valence-corrected chi connectivity index (χ4v) is 5.04.